The molecule has 1 heterocycles. The summed E-state index contributed by atoms with van der Waals surface area (Å²) in [7, 11) is 0. The number of hydrogen-bond donors (Lipinski definition) is 1. The second kappa shape index (κ2) is 3.75. The van der Waals surface area contributed by atoms with E-state index in [1.54, 1.807) is 6.92 Å². The number of hydrogen-bond acceptors (Lipinski definition) is 2. The molecule has 1 amide bonds. The summed E-state index contributed by atoms with van der Waals surface area (Å²) < 4.78 is 2.11. The topological polar surface area (TPSA) is 32.3 Å². The van der Waals surface area contributed by atoms with Crippen LogP contribution in [-0.4, -0.2) is 28.5 Å². The Labute approximate surface area is 81.8 Å². The van der Waals surface area contributed by atoms with E-state index in [0.29, 0.717) is 0 Å². The molecule has 0 unspecified atom stereocenters. The molecule has 0 bridgehead atoms. The third-order valence-electron chi connectivity index (χ3n) is 2.29. The third kappa shape index (κ3) is 2.75. The van der Waals surface area contributed by atoms with Gasteiger partial charge < -0.3 is 5.32 Å². The average molecular weight is 235 g/mol. The van der Waals surface area contributed by atoms with Crippen molar-refractivity contribution < 1.29 is 4.79 Å². The number of carbonyl (C=O) groups is 1. The molecule has 0 aliphatic carbocycles. The minimum atomic E-state index is 0.0100. The fourth-order valence-electron chi connectivity index (χ4n) is 1.52. The van der Waals surface area contributed by atoms with Gasteiger partial charge in [-0.1, -0.05) is 0 Å². The second-order valence-corrected chi connectivity index (χ2v) is 4.65. The van der Waals surface area contributed by atoms with Crippen molar-refractivity contribution in [3.05, 3.63) is 0 Å². The molecule has 0 spiro atoms. The maximum absolute atomic E-state index is 10.9. The van der Waals surface area contributed by atoms with E-state index in [-0.39, 0.29) is 11.4 Å². The summed E-state index contributed by atoms with van der Waals surface area (Å²) in [4.78, 5) is 10.9. The largest absolute Gasteiger partial charge is 0.351 e. The molecule has 1 aliphatic heterocycles. The molecule has 0 radical (unpaired) electrons. The highest BCUT2D eigenvalue weighted by molar-refractivity contribution is 9.07. The van der Waals surface area contributed by atoms with Gasteiger partial charge >= 0.3 is 0 Å². The van der Waals surface area contributed by atoms with Crippen LogP contribution >= 0.6 is 16.1 Å². The van der Waals surface area contributed by atoms with E-state index in [1.807, 2.05) is 0 Å². The molecule has 1 saturated heterocycles. The van der Waals surface area contributed by atoms with E-state index >= 15 is 0 Å². The Balaban J connectivity index is 2.44. The minimum absolute atomic E-state index is 0.0100. The van der Waals surface area contributed by atoms with Crippen molar-refractivity contribution in [2.75, 3.05) is 13.1 Å². The maximum Gasteiger partial charge on any atom is 0.217 e. The summed E-state index contributed by atoms with van der Waals surface area (Å²) in [5.41, 5.74) is 0.0100. The molecular weight excluding hydrogens is 220 g/mol. The van der Waals surface area contributed by atoms with E-state index in [9.17, 15) is 4.79 Å². The van der Waals surface area contributed by atoms with Gasteiger partial charge in [0.05, 0.1) is 0 Å². The van der Waals surface area contributed by atoms with Crippen molar-refractivity contribution in [3.63, 3.8) is 0 Å². The van der Waals surface area contributed by atoms with Crippen LogP contribution in [0.25, 0.3) is 0 Å². The van der Waals surface area contributed by atoms with Crippen LogP contribution in [0.2, 0.25) is 0 Å². The molecule has 0 aromatic carbocycles. The number of halogens is 1. The van der Waals surface area contributed by atoms with Crippen LogP contribution < -0.4 is 5.32 Å². The Morgan fingerprint density at radius 1 is 1.50 bits per heavy atom. The zero-order chi connectivity index (χ0) is 9.19. The van der Waals surface area contributed by atoms with Crippen molar-refractivity contribution in [3.8, 4) is 0 Å². The lowest BCUT2D eigenvalue weighted by Gasteiger charge is -2.37. The predicted molar refractivity (Wildman–Crippen MR) is 52.0 cm³/mol. The number of carbonyl (C=O) groups excluding carboxylic acids is 1. The van der Waals surface area contributed by atoms with Crippen LogP contribution in [0.4, 0.5) is 0 Å². The van der Waals surface area contributed by atoms with E-state index in [2.05, 4.69) is 32.3 Å². The number of amides is 1. The molecule has 3 nitrogen and oxygen atoms in total. The summed E-state index contributed by atoms with van der Waals surface area (Å²) in [6.07, 6.45) is 2.02. The number of nitrogens with one attached hydrogen (secondary N) is 1. The van der Waals surface area contributed by atoms with Crippen molar-refractivity contribution in [2.45, 2.75) is 32.2 Å². The fourth-order valence-corrected chi connectivity index (χ4v) is 1.88. The highest BCUT2D eigenvalue weighted by atomic mass is 79.9. The fraction of sp³-hybridized carbons (Fsp3) is 0.875. The van der Waals surface area contributed by atoms with Crippen LogP contribution in [0.3, 0.4) is 0 Å². The lowest BCUT2D eigenvalue weighted by Crippen LogP contribution is -2.51. The summed E-state index contributed by atoms with van der Waals surface area (Å²) >= 11 is 3.43. The SMILES string of the molecule is CC(=O)NC1(C)CCN(Br)CC1. The Morgan fingerprint density at radius 3 is 2.42 bits per heavy atom. The summed E-state index contributed by atoms with van der Waals surface area (Å²) in [6.45, 7) is 5.67. The van der Waals surface area contributed by atoms with Crippen molar-refractivity contribution in [1.29, 1.82) is 0 Å². The summed E-state index contributed by atoms with van der Waals surface area (Å²) in [5.74, 6) is 0.0699. The predicted octanol–water partition coefficient (Wildman–Crippen LogP) is 1.29. The summed E-state index contributed by atoms with van der Waals surface area (Å²) in [5, 5.41) is 2.99. The second-order valence-electron chi connectivity index (χ2n) is 3.65. The van der Waals surface area contributed by atoms with Gasteiger partial charge in [-0.2, -0.15) is 0 Å². The molecule has 1 rings (SSSR count). The first kappa shape index (κ1) is 9.99. The molecule has 0 saturated carbocycles. The van der Waals surface area contributed by atoms with Gasteiger partial charge in [-0.3, -0.25) is 4.79 Å². The lowest BCUT2D eigenvalue weighted by atomic mass is 9.91. The van der Waals surface area contributed by atoms with E-state index in [1.165, 1.54) is 0 Å². The van der Waals surface area contributed by atoms with Gasteiger partial charge in [0.25, 0.3) is 0 Å². The van der Waals surface area contributed by atoms with Crippen molar-refractivity contribution in [2.24, 2.45) is 0 Å². The molecule has 12 heavy (non-hydrogen) atoms. The van der Waals surface area contributed by atoms with Gasteiger partial charge in [-0.15, -0.1) is 0 Å². The molecule has 0 atom stereocenters. The molecule has 1 fully saturated rings. The highest BCUT2D eigenvalue weighted by Gasteiger charge is 2.29. The maximum atomic E-state index is 10.9. The van der Waals surface area contributed by atoms with Gasteiger partial charge in [-0.25, -0.2) is 3.93 Å². The lowest BCUT2D eigenvalue weighted by molar-refractivity contribution is -0.121. The van der Waals surface area contributed by atoms with E-state index in [4.69, 9.17) is 0 Å². The van der Waals surface area contributed by atoms with Crippen LogP contribution in [-0.2, 0) is 4.79 Å². The average Bonchev–Trinajstić information content (AvgIpc) is 1.94. The van der Waals surface area contributed by atoms with Crippen molar-refractivity contribution in [1.82, 2.24) is 9.24 Å². The van der Waals surface area contributed by atoms with E-state index < -0.39 is 0 Å². The molecule has 0 aromatic rings. The van der Waals surface area contributed by atoms with Gasteiger partial charge in [0.2, 0.25) is 5.91 Å². The number of nitrogens with zero attached hydrogens (tertiary/aromatic N) is 1. The van der Waals surface area contributed by atoms with Gasteiger partial charge in [0.15, 0.2) is 0 Å². The molecular formula is C8H15BrN2O. The van der Waals surface area contributed by atoms with E-state index in [0.717, 1.165) is 25.9 Å². The molecule has 1 aliphatic rings. The Hall–Kier alpha value is -0.0900. The van der Waals surface area contributed by atoms with Crippen LogP contribution in [0, 0.1) is 0 Å². The van der Waals surface area contributed by atoms with Crippen LogP contribution in [0.1, 0.15) is 26.7 Å². The first-order valence-electron chi connectivity index (χ1n) is 4.21. The summed E-state index contributed by atoms with van der Waals surface area (Å²) in [6, 6.07) is 0. The Morgan fingerprint density at radius 2 is 2.00 bits per heavy atom. The third-order valence-corrected chi connectivity index (χ3v) is 3.00. The number of rotatable bonds is 1. The Bertz CT molecular complexity index is 176. The minimum Gasteiger partial charge on any atom is -0.351 e. The smallest absolute Gasteiger partial charge is 0.217 e. The molecule has 4 heteroatoms. The zero-order valence-electron chi connectivity index (χ0n) is 7.56. The molecule has 1 N–H and O–H groups in total. The molecule has 70 valence electrons. The normalized spacial score (nSPS) is 23.6. The quantitative estimate of drug-likeness (QED) is 0.694. The van der Waals surface area contributed by atoms with Crippen LogP contribution in [0.15, 0.2) is 0 Å². The monoisotopic (exact) mass is 234 g/mol. The first-order valence-corrected chi connectivity index (χ1v) is 4.92. The molecule has 0 aromatic heterocycles. The van der Waals surface area contributed by atoms with Crippen LogP contribution in [0.5, 0.6) is 0 Å². The van der Waals surface area contributed by atoms with Gasteiger partial charge in [0, 0.05) is 41.7 Å². The van der Waals surface area contributed by atoms with Gasteiger partial charge in [0.1, 0.15) is 0 Å². The van der Waals surface area contributed by atoms with Crippen molar-refractivity contribution >= 4 is 22.1 Å². The number of piperidine rings is 1. The highest BCUT2D eigenvalue weighted by Crippen LogP contribution is 2.22. The zero-order valence-corrected chi connectivity index (χ0v) is 9.15. The van der Waals surface area contributed by atoms with Gasteiger partial charge in [-0.05, 0) is 19.8 Å². The standard InChI is InChI=1S/C8H15BrN2O/c1-7(12)10-8(2)3-5-11(9)6-4-8/h3-6H2,1-2H3,(H,10,12). The first-order chi connectivity index (χ1) is 5.52. The Kier molecular flexibility index (Phi) is 3.12.